The van der Waals surface area contributed by atoms with Gasteiger partial charge in [-0.1, -0.05) is 32.4 Å². The molecule has 0 unspecified atom stereocenters. The van der Waals surface area contributed by atoms with Gasteiger partial charge in [0, 0.05) is 25.3 Å². The number of nitrogens with one attached hydrogen (secondary N) is 1. The van der Waals surface area contributed by atoms with E-state index in [4.69, 9.17) is 0 Å². The zero-order valence-corrected chi connectivity index (χ0v) is 13.8. The molecule has 1 aliphatic rings. The Labute approximate surface area is 128 Å². The van der Waals surface area contributed by atoms with Crippen LogP contribution in [0.5, 0.6) is 0 Å². The summed E-state index contributed by atoms with van der Waals surface area (Å²) >= 11 is 0. The molecule has 0 bridgehead atoms. The molecule has 1 aromatic rings. The fraction of sp³-hybridized carbons (Fsp3) is 0.611. The second-order valence-electron chi connectivity index (χ2n) is 6.93. The average Bonchev–Trinajstić information content (AvgIpc) is 2.45. The molecule has 116 valence electrons. The molecule has 1 saturated heterocycles. The third-order valence-electron chi connectivity index (χ3n) is 4.38. The Morgan fingerprint density at radius 3 is 2.57 bits per heavy atom. The van der Waals surface area contributed by atoms with Crippen molar-refractivity contribution in [2.75, 3.05) is 25.0 Å². The van der Waals surface area contributed by atoms with Crippen molar-refractivity contribution in [1.29, 1.82) is 0 Å². The highest BCUT2D eigenvalue weighted by atomic mass is 16.2. The quantitative estimate of drug-likeness (QED) is 0.905. The first-order chi connectivity index (χ1) is 9.93. The van der Waals surface area contributed by atoms with Gasteiger partial charge in [0.2, 0.25) is 0 Å². The van der Waals surface area contributed by atoms with Crippen molar-refractivity contribution in [3.05, 3.63) is 29.3 Å². The molecule has 2 rings (SSSR count). The topological polar surface area (TPSA) is 32.3 Å². The first-order valence-electron chi connectivity index (χ1n) is 8.07. The highest BCUT2D eigenvalue weighted by Crippen LogP contribution is 2.31. The van der Waals surface area contributed by atoms with Crippen LogP contribution in [-0.2, 0) is 0 Å². The normalized spacial score (nSPS) is 17.6. The van der Waals surface area contributed by atoms with Gasteiger partial charge in [0.15, 0.2) is 0 Å². The molecule has 1 amide bonds. The zero-order valence-electron chi connectivity index (χ0n) is 13.8. The van der Waals surface area contributed by atoms with Crippen molar-refractivity contribution in [3.8, 4) is 0 Å². The Morgan fingerprint density at radius 1 is 1.29 bits per heavy atom. The van der Waals surface area contributed by atoms with Gasteiger partial charge >= 0.3 is 0 Å². The lowest BCUT2D eigenvalue weighted by Crippen LogP contribution is -2.41. The number of carbonyl (C=O) groups excluding carboxylic acids is 1. The fourth-order valence-electron chi connectivity index (χ4n) is 2.73. The Balaban J connectivity index is 2.16. The van der Waals surface area contributed by atoms with Gasteiger partial charge in [-0.05, 0) is 43.7 Å². The molecule has 1 aromatic carbocycles. The van der Waals surface area contributed by atoms with Crippen LogP contribution in [0.4, 0.5) is 5.69 Å². The van der Waals surface area contributed by atoms with E-state index >= 15 is 0 Å². The standard InChI is InChI=1S/C18H28N2O/c1-5-10-19-16-7-6-14(2)13-15(16)17(21)20-11-8-18(3,4)9-12-20/h6-7,13,19H,5,8-12H2,1-4H3. The lowest BCUT2D eigenvalue weighted by Gasteiger charge is -2.37. The monoisotopic (exact) mass is 288 g/mol. The summed E-state index contributed by atoms with van der Waals surface area (Å²) in [7, 11) is 0. The van der Waals surface area contributed by atoms with Gasteiger partial charge in [0.05, 0.1) is 5.56 Å². The number of carbonyl (C=O) groups is 1. The number of hydrogen-bond donors (Lipinski definition) is 1. The fourth-order valence-corrected chi connectivity index (χ4v) is 2.73. The SMILES string of the molecule is CCCNc1ccc(C)cc1C(=O)N1CCC(C)(C)CC1. The predicted octanol–water partition coefficient (Wildman–Crippen LogP) is 4.08. The molecule has 0 aromatic heterocycles. The molecule has 0 spiro atoms. The van der Waals surface area contributed by atoms with Crippen LogP contribution in [0, 0.1) is 12.3 Å². The molecular weight excluding hydrogens is 260 g/mol. The Hall–Kier alpha value is -1.51. The Morgan fingerprint density at radius 2 is 1.95 bits per heavy atom. The van der Waals surface area contributed by atoms with E-state index in [1.54, 1.807) is 0 Å². The molecule has 0 saturated carbocycles. The van der Waals surface area contributed by atoms with Crippen LogP contribution in [0.25, 0.3) is 0 Å². The predicted molar refractivity (Wildman–Crippen MR) is 88.9 cm³/mol. The molecule has 21 heavy (non-hydrogen) atoms. The first kappa shape index (κ1) is 15.9. The van der Waals surface area contributed by atoms with E-state index in [-0.39, 0.29) is 5.91 Å². The molecule has 1 N–H and O–H groups in total. The maximum Gasteiger partial charge on any atom is 0.255 e. The molecule has 0 radical (unpaired) electrons. The number of piperidine rings is 1. The van der Waals surface area contributed by atoms with E-state index in [9.17, 15) is 4.79 Å². The van der Waals surface area contributed by atoms with Gasteiger partial charge < -0.3 is 10.2 Å². The first-order valence-corrected chi connectivity index (χ1v) is 8.07. The van der Waals surface area contributed by atoms with Gasteiger partial charge in [0.25, 0.3) is 5.91 Å². The summed E-state index contributed by atoms with van der Waals surface area (Å²) in [5.74, 6) is 0.174. The van der Waals surface area contributed by atoms with Crippen molar-refractivity contribution in [2.24, 2.45) is 5.41 Å². The van der Waals surface area contributed by atoms with Crippen LogP contribution in [0.2, 0.25) is 0 Å². The third-order valence-corrected chi connectivity index (χ3v) is 4.38. The van der Waals surface area contributed by atoms with Gasteiger partial charge in [-0.3, -0.25) is 4.79 Å². The van der Waals surface area contributed by atoms with Crippen LogP contribution in [-0.4, -0.2) is 30.4 Å². The van der Waals surface area contributed by atoms with Crippen LogP contribution < -0.4 is 5.32 Å². The maximum atomic E-state index is 12.8. The van der Waals surface area contributed by atoms with Crippen molar-refractivity contribution in [3.63, 3.8) is 0 Å². The minimum Gasteiger partial charge on any atom is -0.384 e. The Kier molecular flexibility index (Phi) is 4.92. The number of likely N-dealkylation sites (tertiary alicyclic amines) is 1. The highest BCUT2D eigenvalue weighted by Gasteiger charge is 2.29. The summed E-state index contributed by atoms with van der Waals surface area (Å²) in [4.78, 5) is 14.8. The van der Waals surface area contributed by atoms with E-state index in [0.29, 0.717) is 5.41 Å². The van der Waals surface area contributed by atoms with Crippen LogP contribution in [0.3, 0.4) is 0 Å². The van der Waals surface area contributed by atoms with Gasteiger partial charge in [-0.2, -0.15) is 0 Å². The molecule has 3 nitrogen and oxygen atoms in total. The van der Waals surface area contributed by atoms with E-state index in [2.05, 4.69) is 32.2 Å². The summed E-state index contributed by atoms with van der Waals surface area (Å²) < 4.78 is 0. The summed E-state index contributed by atoms with van der Waals surface area (Å²) in [6.45, 7) is 11.4. The molecule has 0 atom stereocenters. The van der Waals surface area contributed by atoms with Gasteiger partial charge in [0.1, 0.15) is 0 Å². The summed E-state index contributed by atoms with van der Waals surface area (Å²) in [5.41, 5.74) is 3.30. The lowest BCUT2D eigenvalue weighted by molar-refractivity contribution is 0.0631. The summed E-state index contributed by atoms with van der Waals surface area (Å²) in [6.07, 6.45) is 3.23. The largest absolute Gasteiger partial charge is 0.384 e. The minimum atomic E-state index is 0.174. The number of benzene rings is 1. The second kappa shape index (κ2) is 6.50. The van der Waals surface area contributed by atoms with E-state index < -0.39 is 0 Å². The van der Waals surface area contributed by atoms with Gasteiger partial charge in [-0.25, -0.2) is 0 Å². The number of nitrogens with zero attached hydrogens (tertiary/aromatic N) is 1. The van der Waals surface area contributed by atoms with Crippen molar-refractivity contribution in [2.45, 2.75) is 47.0 Å². The van der Waals surface area contributed by atoms with Crippen LogP contribution in [0.1, 0.15) is 56.0 Å². The Bertz CT molecular complexity index is 498. The number of hydrogen-bond acceptors (Lipinski definition) is 2. The van der Waals surface area contributed by atoms with Crippen LogP contribution in [0.15, 0.2) is 18.2 Å². The zero-order chi connectivity index (χ0) is 15.5. The van der Waals surface area contributed by atoms with Gasteiger partial charge in [-0.15, -0.1) is 0 Å². The number of rotatable bonds is 4. The summed E-state index contributed by atoms with van der Waals surface area (Å²) in [5, 5.41) is 3.38. The lowest BCUT2D eigenvalue weighted by atomic mass is 9.82. The second-order valence-corrected chi connectivity index (χ2v) is 6.93. The highest BCUT2D eigenvalue weighted by molar-refractivity contribution is 5.99. The van der Waals surface area contributed by atoms with E-state index in [1.165, 1.54) is 0 Å². The molecule has 1 aliphatic heterocycles. The maximum absolute atomic E-state index is 12.8. The molecule has 3 heteroatoms. The smallest absolute Gasteiger partial charge is 0.255 e. The number of aryl methyl sites for hydroxylation is 1. The number of amides is 1. The van der Waals surface area contributed by atoms with Crippen LogP contribution >= 0.6 is 0 Å². The average molecular weight is 288 g/mol. The van der Waals surface area contributed by atoms with Crippen molar-refractivity contribution in [1.82, 2.24) is 4.90 Å². The minimum absolute atomic E-state index is 0.174. The van der Waals surface area contributed by atoms with E-state index in [0.717, 1.165) is 55.7 Å². The third kappa shape index (κ3) is 3.99. The van der Waals surface area contributed by atoms with E-state index in [1.807, 2.05) is 24.0 Å². The van der Waals surface area contributed by atoms with Crippen molar-refractivity contribution < 1.29 is 4.79 Å². The summed E-state index contributed by atoms with van der Waals surface area (Å²) in [6, 6.07) is 6.11. The molecule has 1 fully saturated rings. The molecule has 1 heterocycles. The number of anilines is 1. The molecular formula is C18H28N2O. The molecule has 0 aliphatic carbocycles. The van der Waals surface area contributed by atoms with Crippen molar-refractivity contribution >= 4 is 11.6 Å².